The van der Waals surface area contributed by atoms with Gasteiger partial charge in [0, 0.05) is 6.20 Å². The van der Waals surface area contributed by atoms with E-state index in [-0.39, 0.29) is 10.9 Å². The Balaban J connectivity index is 1.75. The molecular formula is C14H10Cl2N2O3S2. The maximum absolute atomic E-state index is 12.2. The molecule has 0 saturated heterocycles. The van der Waals surface area contributed by atoms with Gasteiger partial charge in [-0.05, 0) is 25.0 Å². The molecule has 0 atom stereocenters. The predicted octanol–water partition coefficient (Wildman–Crippen LogP) is 3.62. The van der Waals surface area contributed by atoms with Crippen LogP contribution < -0.4 is 0 Å². The van der Waals surface area contributed by atoms with Crippen molar-refractivity contribution < 1.29 is 13.2 Å². The average Bonchev–Trinajstić information content (AvgIpc) is 3.17. The molecule has 0 spiro atoms. The summed E-state index contributed by atoms with van der Waals surface area (Å²) in [4.78, 5) is 17.0. The van der Waals surface area contributed by atoms with Gasteiger partial charge in [-0.2, -0.15) is 0 Å². The smallest absolute Gasteiger partial charge is 0.197 e. The predicted molar refractivity (Wildman–Crippen MR) is 91.7 cm³/mol. The SMILES string of the molecule is O=C(CS(=O)(=O)C1CC1)c1cn2c(n1)sc1c(Cl)c(Cl)ccc12. The Kier molecular flexibility index (Phi) is 3.46. The first-order chi connectivity index (χ1) is 10.9. The second kappa shape index (κ2) is 5.17. The lowest BCUT2D eigenvalue weighted by Gasteiger charge is -1.99. The quantitative estimate of drug-likeness (QED) is 0.640. The zero-order valence-electron chi connectivity index (χ0n) is 11.6. The van der Waals surface area contributed by atoms with Crippen LogP contribution in [0, 0.1) is 0 Å². The molecule has 4 rings (SSSR count). The number of carbonyl (C=O) groups is 1. The van der Waals surface area contributed by atoms with Gasteiger partial charge < -0.3 is 0 Å². The Morgan fingerprint density at radius 3 is 2.78 bits per heavy atom. The molecule has 2 aromatic heterocycles. The lowest BCUT2D eigenvalue weighted by atomic mass is 10.3. The number of sulfone groups is 1. The molecule has 120 valence electrons. The van der Waals surface area contributed by atoms with E-state index in [1.54, 1.807) is 22.7 Å². The summed E-state index contributed by atoms with van der Waals surface area (Å²) >= 11 is 13.5. The van der Waals surface area contributed by atoms with E-state index in [0.29, 0.717) is 27.8 Å². The second-order valence-corrected chi connectivity index (χ2v) is 9.56. The lowest BCUT2D eigenvalue weighted by molar-refractivity contribution is 0.101. The van der Waals surface area contributed by atoms with Crippen molar-refractivity contribution >= 4 is 65.3 Å². The summed E-state index contributed by atoms with van der Waals surface area (Å²) < 4.78 is 26.4. The fraction of sp³-hybridized carbons (Fsp3) is 0.286. The number of benzene rings is 1. The Bertz CT molecular complexity index is 1060. The van der Waals surface area contributed by atoms with Crippen LogP contribution in [0.4, 0.5) is 0 Å². The molecule has 9 heteroatoms. The van der Waals surface area contributed by atoms with E-state index in [2.05, 4.69) is 4.98 Å². The number of ketones is 1. The Morgan fingerprint density at radius 2 is 2.09 bits per heavy atom. The molecule has 0 bridgehead atoms. The van der Waals surface area contributed by atoms with Crippen LogP contribution in [-0.2, 0) is 9.84 Å². The Hall–Kier alpha value is -1.15. The number of aromatic nitrogens is 2. The summed E-state index contributed by atoms with van der Waals surface area (Å²) in [7, 11) is -3.34. The first-order valence-electron chi connectivity index (χ1n) is 6.87. The molecule has 0 amide bonds. The summed E-state index contributed by atoms with van der Waals surface area (Å²) in [5.74, 6) is -0.950. The van der Waals surface area contributed by atoms with E-state index in [0.717, 1.165) is 10.2 Å². The largest absolute Gasteiger partial charge is 0.291 e. The Morgan fingerprint density at radius 1 is 1.35 bits per heavy atom. The standard InChI is InChI=1S/C14H10Cl2N2O3S2/c15-8-3-4-10-13(12(8)16)22-14-17-9(5-18(10)14)11(19)6-23(20,21)7-1-2-7/h3-5,7H,1-2,6H2. The summed E-state index contributed by atoms with van der Waals surface area (Å²) in [6.07, 6.45) is 2.86. The summed E-state index contributed by atoms with van der Waals surface area (Å²) in [6.45, 7) is 0. The minimum absolute atomic E-state index is 0.161. The number of imidazole rings is 1. The van der Waals surface area contributed by atoms with Gasteiger partial charge in [-0.25, -0.2) is 13.4 Å². The van der Waals surface area contributed by atoms with Crippen LogP contribution in [0.3, 0.4) is 0 Å². The number of Topliss-reactive ketones (excluding diaryl/α,β-unsaturated/α-hetero) is 1. The third kappa shape index (κ3) is 2.55. The van der Waals surface area contributed by atoms with Gasteiger partial charge in [-0.15, -0.1) is 0 Å². The molecule has 3 aromatic rings. The van der Waals surface area contributed by atoms with Crippen molar-refractivity contribution in [1.82, 2.24) is 9.38 Å². The van der Waals surface area contributed by atoms with Crippen molar-refractivity contribution in [2.75, 3.05) is 5.75 Å². The van der Waals surface area contributed by atoms with Crippen LogP contribution in [-0.4, -0.2) is 34.6 Å². The number of nitrogens with zero attached hydrogens (tertiary/aromatic N) is 2. The zero-order valence-corrected chi connectivity index (χ0v) is 14.8. The zero-order chi connectivity index (χ0) is 16.4. The monoisotopic (exact) mass is 388 g/mol. The second-order valence-electron chi connectivity index (χ2n) is 5.52. The van der Waals surface area contributed by atoms with E-state index < -0.39 is 21.4 Å². The van der Waals surface area contributed by atoms with Crippen LogP contribution >= 0.6 is 34.5 Å². The molecule has 1 saturated carbocycles. The first-order valence-corrected chi connectivity index (χ1v) is 10.2. The summed E-state index contributed by atoms with van der Waals surface area (Å²) in [6, 6.07) is 3.47. The number of carbonyl (C=O) groups excluding carboxylic acids is 1. The fourth-order valence-corrected chi connectivity index (χ4v) is 5.58. The van der Waals surface area contributed by atoms with Gasteiger partial charge in [-0.1, -0.05) is 34.5 Å². The number of fused-ring (bicyclic) bond motifs is 3. The molecule has 1 aromatic carbocycles. The van der Waals surface area contributed by atoms with Gasteiger partial charge in [0.2, 0.25) is 0 Å². The van der Waals surface area contributed by atoms with Crippen molar-refractivity contribution in [3.8, 4) is 0 Å². The molecule has 5 nitrogen and oxygen atoms in total. The third-order valence-corrected chi connectivity index (χ3v) is 7.96. The Labute approximate surface area is 145 Å². The number of rotatable bonds is 4. The molecule has 0 aliphatic heterocycles. The van der Waals surface area contributed by atoms with Crippen molar-refractivity contribution in [3.63, 3.8) is 0 Å². The highest BCUT2D eigenvalue weighted by atomic mass is 35.5. The minimum Gasteiger partial charge on any atom is -0.291 e. The molecule has 23 heavy (non-hydrogen) atoms. The highest BCUT2D eigenvalue weighted by Crippen LogP contribution is 2.36. The molecule has 1 aliphatic rings. The van der Waals surface area contributed by atoms with Crippen LogP contribution in [0.1, 0.15) is 23.3 Å². The minimum atomic E-state index is -3.34. The van der Waals surface area contributed by atoms with Crippen LogP contribution in [0.2, 0.25) is 10.0 Å². The van der Waals surface area contributed by atoms with Gasteiger partial charge >= 0.3 is 0 Å². The summed E-state index contributed by atoms with van der Waals surface area (Å²) in [5.41, 5.74) is 0.949. The van der Waals surface area contributed by atoms with Crippen LogP contribution in [0.25, 0.3) is 15.2 Å². The van der Waals surface area contributed by atoms with Gasteiger partial charge in [0.15, 0.2) is 20.6 Å². The third-order valence-electron chi connectivity index (χ3n) is 3.81. The van der Waals surface area contributed by atoms with Gasteiger partial charge in [0.1, 0.15) is 11.4 Å². The van der Waals surface area contributed by atoms with Crippen molar-refractivity contribution in [2.45, 2.75) is 18.1 Å². The molecular weight excluding hydrogens is 379 g/mol. The van der Waals surface area contributed by atoms with E-state index in [1.165, 1.54) is 11.3 Å². The number of hydrogen-bond donors (Lipinski definition) is 0. The number of halogens is 2. The van der Waals surface area contributed by atoms with Crippen LogP contribution in [0.5, 0.6) is 0 Å². The normalized spacial score (nSPS) is 15.6. The van der Waals surface area contributed by atoms with Crippen molar-refractivity contribution in [3.05, 3.63) is 34.1 Å². The molecule has 1 fully saturated rings. The van der Waals surface area contributed by atoms with Gasteiger partial charge in [0.25, 0.3) is 0 Å². The maximum Gasteiger partial charge on any atom is 0.197 e. The highest BCUT2D eigenvalue weighted by Gasteiger charge is 2.37. The van der Waals surface area contributed by atoms with Crippen LogP contribution in [0.15, 0.2) is 18.3 Å². The molecule has 0 N–H and O–H groups in total. The first kappa shape index (κ1) is 15.4. The lowest BCUT2D eigenvalue weighted by Crippen LogP contribution is -2.19. The molecule has 1 aliphatic carbocycles. The molecule has 0 radical (unpaired) electrons. The van der Waals surface area contributed by atoms with E-state index >= 15 is 0 Å². The highest BCUT2D eigenvalue weighted by molar-refractivity contribution is 7.93. The van der Waals surface area contributed by atoms with Gasteiger partial charge in [0.05, 0.1) is 25.5 Å². The average molecular weight is 389 g/mol. The van der Waals surface area contributed by atoms with Gasteiger partial charge in [-0.3, -0.25) is 9.20 Å². The molecule has 2 heterocycles. The number of hydrogen-bond acceptors (Lipinski definition) is 5. The number of thiazole rings is 1. The van der Waals surface area contributed by atoms with Crippen molar-refractivity contribution in [1.29, 1.82) is 0 Å². The topological polar surface area (TPSA) is 68.5 Å². The summed E-state index contributed by atoms with van der Waals surface area (Å²) in [5, 5.41) is 0.552. The van der Waals surface area contributed by atoms with E-state index in [1.807, 2.05) is 0 Å². The van der Waals surface area contributed by atoms with E-state index in [9.17, 15) is 13.2 Å². The maximum atomic E-state index is 12.2. The fourth-order valence-electron chi connectivity index (χ4n) is 2.44. The molecule has 0 unspecified atom stereocenters. The van der Waals surface area contributed by atoms with Crippen molar-refractivity contribution in [2.24, 2.45) is 0 Å². The van der Waals surface area contributed by atoms with E-state index in [4.69, 9.17) is 23.2 Å².